The Morgan fingerprint density at radius 3 is 2.37 bits per heavy atom. The summed E-state index contributed by atoms with van der Waals surface area (Å²) < 4.78 is 5.20. The lowest BCUT2D eigenvalue weighted by Gasteiger charge is -2.08. The zero-order valence-electron chi connectivity index (χ0n) is 10.9. The summed E-state index contributed by atoms with van der Waals surface area (Å²) in [5, 5.41) is 11.8. The monoisotopic (exact) mass is 252 g/mol. The summed E-state index contributed by atoms with van der Waals surface area (Å²) in [7, 11) is 0. The Hall–Kier alpha value is -2.47. The van der Waals surface area contributed by atoms with Gasteiger partial charge in [0.15, 0.2) is 6.61 Å². The molecule has 0 aliphatic heterocycles. The molecule has 96 valence electrons. The van der Waals surface area contributed by atoms with E-state index in [1.165, 1.54) is 11.1 Å². The molecule has 0 saturated heterocycles. The average molecular weight is 252 g/mol. The van der Waals surface area contributed by atoms with Crippen LogP contribution in [0.5, 0.6) is 5.75 Å². The van der Waals surface area contributed by atoms with Crippen molar-refractivity contribution in [2.45, 2.75) is 13.5 Å². The largest absolute Gasteiger partial charge is 0.479 e. The molecule has 0 aromatic heterocycles. The summed E-state index contributed by atoms with van der Waals surface area (Å²) in [5.41, 5.74) is 3.53. The van der Waals surface area contributed by atoms with E-state index in [4.69, 9.17) is 10.00 Å². The molecule has 3 heteroatoms. The second-order valence-corrected chi connectivity index (χ2v) is 4.31. The molecule has 0 heterocycles. The van der Waals surface area contributed by atoms with Crippen LogP contribution in [0.3, 0.4) is 0 Å². The van der Waals surface area contributed by atoms with E-state index in [9.17, 15) is 0 Å². The minimum atomic E-state index is 0.0843. The lowest BCUT2D eigenvalue weighted by Crippen LogP contribution is -1.99. The van der Waals surface area contributed by atoms with Crippen molar-refractivity contribution in [3.8, 4) is 11.8 Å². The van der Waals surface area contributed by atoms with Crippen LogP contribution in [-0.2, 0) is 6.54 Å². The Balaban J connectivity index is 1.89. The van der Waals surface area contributed by atoms with Crippen LogP contribution in [0.1, 0.15) is 11.1 Å². The average Bonchev–Trinajstić information content (AvgIpc) is 2.46. The van der Waals surface area contributed by atoms with Crippen molar-refractivity contribution in [3.63, 3.8) is 0 Å². The molecule has 2 aromatic rings. The number of rotatable bonds is 5. The summed E-state index contributed by atoms with van der Waals surface area (Å²) in [6.07, 6.45) is 0. The Morgan fingerprint density at radius 1 is 1.05 bits per heavy atom. The van der Waals surface area contributed by atoms with E-state index in [1.54, 1.807) is 0 Å². The van der Waals surface area contributed by atoms with Gasteiger partial charge >= 0.3 is 0 Å². The van der Waals surface area contributed by atoms with Gasteiger partial charge in [0, 0.05) is 12.2 Å². The first-order chi connectivity index (χ1) is 9.28. The number of nitrogens with zero attached hydrogens (tertiary/aromatic N) is 1. The predicted octanol–water partition coefficient (Wildman–Crippen LogP) is 3.51. The molecule has 0 aliphatic carbocycles. The molecule has 0 unspecified atom stereocenters. The Kier molecular flexibility index (Phi) is 4.41. The van der Waals surface area contributed by atoms with Gasteiger partial charge in [-0.05, 0) is 36.8 Å². The van der Waals surface area contributed by atoms with Crippen LogP contribution in [0.2, 0.25) is 0 Å². The van der Waals surface area contributed by atoms with E-state index in [0.29, 0.717) is 0 Å². The Bertz CT molecular complexity index is 553. The quantitative estimate of drug-likeness (QED) is 0.885. The molecule has 1 N–H and O–H groups in total. The Morgan fingerprint density at radius 2 is 1.74 bits per heavy atom. The molecule has 19 heavy (non-hydrogen) atoms. The highest BCUT2D eigenvalue weighted by Crippen LogP contribution is 2.14. The molecule has 0 radical (unpaired) electrons. The number of benzene rings is 2. The zero-order valence-corrected chi connectivity index (χ0v) is 10.9. The number of anilines is 1. The van der Waals surface area contributed by atoms with Crippen molar-refractivity contribution >= 4 is 5.69 Å². The van der Waals surface area contributed by atoms with Gasteiger partial charge in [-0.25, -0.2) is 0 Å². The highest BCUT2D eigenvalue weighted by molar-refractivity contribution is 5.45. The molecule has 0 aliphatic rings. The van der Waals surface area contributed by atoms with Crippen LogP contribution >= 0.6 is 0 Å². The van der Waals surface area contributed by atoms with E-state index in [-0.39, 0.29) is 6.61 Å². The maximum absolute atomic E-state index is 8.43. The summed E-state index contributed by atoms with van der Waals surface area (Å²) in [6, 6.07) is 18.0. The van der Waals surface area contributed by atoms with Gasteiger partial charge in [-0.15, -0.1) is 0 Å². The number of aryl methyl sites for hydroxylation is 1. The van der Waals surface area contributed by atoms with Gasteiger partial charge in [-0.3, -0.25) is 0 Å². The number of hydrogen-bond acceptors (Lipinski definition) is 3. The van der Waals surface area contributed by atoms with E-state index in [1.807, 2.05) is 30.3 Å². The summed E-state index contributed by atoms with van der Waals surface area (Å²) >= 11 is 0. The van der Waals surface area contributed by atoms with Crippen LogP contribution in [0, 0.1) is 18.3 Å². The topological polar surface area (TPSA) is 45.0 Å². The van der Waals surface area contributed by atoms with Crippen LogP contribution in [-0.4, -0.2) is 6.61 Å². The van der Waals surface area contributed by atoms with E-state index in [0.717, 1.165) is 18.0 Å². The lowest BCUT2D eigenvalue weighted by molar-refractivity contribution is 0.368. The number of ether oxygens (including phenoxy) is 1. The maximum atomic E-state index is 8.43. The summed E-state index contributed by atoms with van der Waals surface area (Å²) in [4.78, 5) is 0. The van der Waals surface area contributed by atoms with Gasteiger partial charge in [-0.2, -0.15) is 5.26 Å². The van der Waals surface area contributed by atoms with Gasteiger partial charge in [-0.1, -0.05) is 29.8 Å². The SMILES string of the molecule is Cc1ccc(NCc2ccc(OCC#N)cc2)cc1. The molecular formula is C16H16N2O. The Labute approximate surface area is 113 Å². The zero-order chi connectivity index (χ0) is 13.5. The lowest BCUT2D eigenvalue weighted by atomic mass is 10.2. The van der Waals surface area contributed by atoms with Crippen molar-refractivity contribution in [3.05, 3.63) is 59.7 Å². The first kappa shape index (κ1) is 13.0. The normalized spacial score (nSPS) is 9.68. The third-order valence-corrected chi connectivity index (χ3v) is 2.77. The van der Waals surface area contributed by atoms with Gasteiger partial charge in [0.05, 0.1) is 0 Å². The molecule has 0 saturated carbocycles. The molecule has 0 spiro atoms. The minimum Gasteiger partial charge on any atom is -0.479 e. The molecular weight excluding hydrogens is 236 g/mol. The number of nitriles is 1. The third-order valence-electron chi connectivity index (χ3n) is 2.77. The van der Waals surface area contributed by atoms with Crippen molar-refractivity contribution in [2.24, 2.45) is 0 Å². The van der Waals surface area contributed by atoms with Crippen LogP contribution in [0.15, 0.2) is 48.5 Å². The van der Waals surface area contributed by atoms with Crippen molar-refractivity contribution in [1.82, 2.24) is 0 Å². The third kappa shape index (κ3) is 4.04. The van der Waals surface area contributed by atoms with Crippen LogP contribution in [0.4, 0.5) is 5.69 Å². The van der Waals surface area contributed by atoms with E-state index in [2.05, 4.69) is 36.5 Å². The van der Waals surface area contributed by atoms with Crippen LogP contribution < -0.4 is 10.1 Å². The van der Waals surface area contributed by atoms with Gasteiger partial charge < -0.3 is 10.1 Å². The highest BCUT2D eigenvalue weighted by Gasteiger charge is 1.96. The molecule has 0 atom stereocenters. The highest BCUT2D eigenvalue weighted by atomic mass is 16.5. The van der Waals surface area contributed by atoms with E-state index < -0.39 is 0 Å². The van der Waals surface area contributed by atoms with Gasteiger partial charge in [0.25, 0.3) is 0 Å². The first-order valence-electron chi connectivity index (χ1n) is 6.17. The van der Waals surface area contributed by atoms with Crippen molar-refractivity contribution in [2.75, 3.05) is 11.9 Å². The van der Waals surface area contributed by atoms with Crippen molar-refractivity contribution < 1.29 is 4.74 Å². The first-order valence-corrected chi connectivity index (χ1v) is 6.17. The molecule has 0 fully saturated rings. The van der Waals surface area contributed by atoms with Crippen LogP contribution in [0.25, 0.3) is 0 Å². The number of hydrogen-bond donors (Lipinski definition) is 1. The minimum absolute atomic E-state index is 0.0843. The van der Waals surface area contributed by atoms with E-state index >= 15 is 0 Å². The van der Waals surface area contributed by atoms with Crippen molar-refractivity contribution in [1.29, 1.82) is 5.26 Å². The molecule has 0 amide bonds. The fourth-order valence-corrected chi connectivity index (χ4v) is 1.69. The standard InChI is InChI=1S/C16H16N2O/c1-13-2-6-15(7-3-13)18-12-14-4-8-16(9-5-14)19-11-10-17/h2-9,18H,11-12H2,1H3. The predicted molar refractivity (Wildman–Crippen MR) is 76.1 cm³/mol. The molecule has 2 rings (SSSR count). The second kappa shape index (κ2) is 6.46. The fourth-order valence-electron chi connectivity index (χ4n) is 1.69. The van der Waals surface area contributed by atoms with Gasteiger partial charge in [0.1, 0.15) is 11.8 Å². The maximum Gasteiger partial charge on any atom is 0.174 e. The molecule has 3 nitrogen and oxygen atoms in total. The molecule has 2 aromatic carbocycles. The smallest absolute Gasteiger partial charge is 0.174 e. The molecule has 0 bridgehead atoms. The fraction of sp³-hybridized carbons (Fsp3) is 0.188. The second-order valence-electron chi connectivity index (χ2n) is 4.31. The van der Waals surface area contributed by atoms with Gasteiger partial charge in [0.2, 0.25) is 0 Å². The number of nitrogens with one attached hydrogen (secondary N) is 1. The summed E-state index contributed by atoms with van der Waals surface area (Å²) in [6.45, 7) is 2.92. The summed E-state index contributed by atoms with van der Waals surface area (Å²) in [5.74, 6) is 0.723.